The molecule has 0 radical (unpaired) electrons. The predicted molar refractivity (Wildman–Crippen MR) is 67.1 cm³/mol. The zero-order valence-electron chi connectivity index (χ0n) is 10.2. The number of nitrogens with zero attached hydrogens (tertiary/aromatic N) is 1. The molecule has 0 aromatic heterocycles. The van der Waals surface area contributed by atoms with Crippen molar-refractivity contribution < 1.29 is 4.74 Å². The van der Waals surface area contributed by atoms with Gasteiger partial charge in [0, 0.05) is 24.5 Å². The molecule has 17 heavy (non-hydrogen) atoms. The van der Waals surface area contributed by atoms with Crippen LogP contribution in [0.25, 0.3) is 0 Å². The minimum absolute atomic E-state index is 0.566. The molecule has 0 saturated carbocycles. The summed E-state index contributed by atoms with van der Waals surface area (Å²) in [6.45, 7) is 4.57. The largest absolute Gasteiger partial charge is 0.380 e. The average molecular weight is 229 g/mol. The molecular weight excluding hydrogens is 210 g/mol. The van der Waals surface area contributed by atoms with Crippen LogP contribution in [0, 0.1) is 5.41 Å². The first-order valence-electron chi connectivity index (χ1n) is 6.73. The Morgan fingerprint density at radius 1 is 1.12 bits per heavy atom. The third-order valence-electron chi connectivity index (χ3n) is 4.73. The summed E-state index contributed by atoms with van der Waals surface area (Å²) in [5, 5.41) is 0. The van der Waals surface area contributed by atoms with Crippen molar-refractivity contribution in [1.82, 2.24) is 4.90 Å². The fourth-order valence-corrected chi connectivity index (χ4v) is 3.64. The number of fused-ring (bicyclic) bond motifs is 1. The minimum atomic E-state index is 0.566. The molecule has 1 atom stereocenters. The highest BCUT2D eigenvalue weighted by Crippen LogP contribution is 2.40. The van der Waals surface area contributed by atoms with Gasteiger partial charge in [-0.1, -0.05) is 24.3 Å². The van der Waals surface area contributed by atoms with Crippen LogP contribution in [0.15, 0.2) is 24.3 Å². The summed E-state index contributed by atoms with van der Waals surface area (Å²) in [7, 11) is 0. The fourth-order valence-electron chi connectivity index (χ4n) is 3.64. The first-order valence-corrected chi connectivity index (χ1v) is 6.73. The van der Waals surface area contributed by atoms with E-state index < -0.39 is 0 Å². The Bertz CT molecular complexity index is 430. The number of hydrogen-bond donors (Lipinski definition) is 0. The van der Waals surface area contributed by atoms with Gasteiger partial charge in [0.25, 0.3) is 0 Å². The van der Waals surface area contributed by atoms with Gasteiger partial charge >= 0.3 is 0 Å². The maximum Gasteiger partial charge on any atom is 0.0569 e. The van der Waals surface area contributed by atoms with E-state index in [1.807, 2.05) is 0 Å². The van der Waals surface area contributed by atoms with Crippen molar-refractivity contribution in [2.24, 2.45) is 5.41 Å². The van der Waals surface area contributed by atoms with Crippen molar-refractivity contribution in [1.29, 1.82) is 0 Å². The van der Waals surface area contributed by atoms with E-state index >= 15 is 0 Å². The summed E-state index contributed by atoms with van der Waals surface area (Å²) in [5.74, 6) is 0. The number of hydrogen-bond acceptors (Lipinski definition) is 2. The molecule has 2 heteroatoms. The van der Waals surface area contributed by atoms with Crippen LogP contribution in [0.2, 0.25) is 0 Å². The molecule has 2 fully saturated rings. The summed E-state index contributed by atoms with van der Waals surface area (Å²) in [6, 6.07) is 9.74. The van der Waals surface area contributed by atoms with Crippen LogP contribution in [-0.4, -0.2) is 37.2 Å². The van der Waals surface area contributed by atoms with Gasteiger partial charge in [0.05, 0.1) is 13.2 Å². The smallest absolute Gasteiger partial charge is 0.0569 e. The number of rotatable bonds is 1. The van der Waals surface area contributed by atoms with Crippen LogP contribution in [0.1, 0.15) is 17.5 Å². The molecule has 1 spiro atoms. The van der Waals surface area contributed by atoms with Gasteiger partial charge in [-0.15, -0.1) is 0 Å². The van der Waals surface area contributed by atoms with Gasteiger partial charge in [-0.05, 0) is 30.4 Å². The van der Waals surface area contributed by atoms with Gasteiger partial charge in [-0.25, -0.2) is 0 Å². The molecule has 2 saturated heterocycles. The van der Waals surface area contributed by atoms with Crippen LogP contribution >= 0.6 is 0 Å². The zero-order valence-corrected chi connectivity index (χ0v) is 10.2. The predicted octanol–water partition coefficient (Wildman–Crippen LogP) is 1.88. The Kier molecular flexibility index (Phi) is 2.12. The number of aryl methyl sites for hydroxylation is 1. The lowest BCUT2D eigenvalue weighted by atomic mass is 9.75. The monoisotopic (exact) mass is 229 g/mol. The number of benzene rings is 1. The summed E-state index contributed by atoms with van der Waals surface area (Å²) < 4.78 is 5.35. The topological polar surface area (TPSA) is 12.5 Å². The molecule has 2 aliphatic heterocycles. The average Bonchev–Trinajstić information content (AvgIpc) is 2.25. The SMILES string of the molecule is c1ccc2c(c1)CCC(N1CC3(COC3)C1)C2. The van der Waals surface area contributed by atoms with Gasteiger partial charge in [0.2, 0.25) is 0 Å². The maximum absolute atomic E-state index is 5.35. The second-order valence-corrected chi connectivity index (χ2v) is 6.06. The first-order chi connectivity index (χ1) is 8.35. The zero-order chi connectivity index (χ0) is 11.3. The van der Waals surface area contributed by atoms with Crippen molar-refractivity contribution in [3.8, 4) is 0 Å². The molecule has 2 nitrogen and oxygen atoms in total. The molecule has 3 aliphatic rings. The van der Waals surface area contributed by atoms with Crippen molar-refractivity contribution in [3.05, 3.63) is 35.4 Å². The Morgan fingerprint density at radius 2 is 1.88 bits per heavy atom. The Morgan fingerprint density at radius 3 is 2.59 bits per heavy atom. The number of likely N-dealkylation sites (tertiary alicyclic amines) is 1. The molecule has 0 amide bonds. The van der Waals surface area contributed by atoms with E-state index in [4.69, 9.17) is 4.74 Å². The van der Waals surface area contributed by atoms with E-state index in [-0.39, 0.29) is 0 Å². The second kappa shape index (κ2) is 3.56. The molecule has 2 heterocycles. The highest BCUT2D eigenvalue weighted by Gasteiger charge is 2.50. The van der Waals surface area contributed by atoms with E-state index in [0.717, 1.165) is 19.3 Å². The third kappa shape index (κ3) is 1.54. The Balaban J connectivity index is 1.45. The first kappa shape index (κ1) is 10.1. The van der Waals surface area contributed by atoms with Crippen LogP contribution < -0.4 is 0 Å². The lowest BCUT2D eigenvalue weighted by Gasteiger charge is -2.58. The van der Waals surface area contributed by atoms with Gasteiger partial charge in [0.15, 0.2) is 0 Å². The van der Waals surface area contributed by atoms with E-state index in [0.29, 0.717) is 5.41 Å². The van der Waals surface area contributed by atoms with E-state index in [1.54, 1.807) is 11.1 Å². The summed E-state index contributed by atoms with van der Waals surface area (Å²) in [4.78, 5) is 2.68. The molecular formula is C15H19NO. The lowest BCUT2D eigenvalue weighted by molar-refractivity contribution is -0.199. The van der Waals surface area contributed by atoms with Crippen molar-refractivity contribution in [2.75, 3.05) is 26.3 Å². The van der Waals surface area contributed by atoms with Crippen LogP contribution in [0.3, 0.4) is 0 Å². The van der Waals surface area contributed by atoms with Crippen LogP contribution in [-0.2, 0) is 17.6 Å². The van der Waals surface area contributed by atoms with E-state index in [1.165, 1.54) is 32.4 Å². The normalized spacial score (nSPS) is 30.5. The Labute approximate surface area is 103 Å². The molecule has 0 N–H and O–H groups in total. The van der Waals surface area contributed by atoms with Crippen LogP contribution in [0.4, 0.5) is 0 Å². The molecule has 1 unspecified atom stereocenters. The van der Waals surface area contributed by atoms with Crippen molar-refractivity contribution >= 4 is 0 Å². The molecule has 1 aromatic rings. The van der Waals surface area contributed by atoms with Gasteiger partial charge in [0.1, 0.15) is 0 Å². The molecule has 4 rings (SSSR count). The summed E-state index contributed by atoms with van der Waals surface area (Å²) >= 11 is 0. The highest BCUT2D eigenvalue weighted by atomic mass is 16.5. The number of ether oxygens (including phenoxy) is 1. The molecule has 0 bridgehead atoms. The summed E-state index contributed by atoms with van der Waals surface area (Å²) in [6.07, 6.45) is 3.86. The van der Waals surface area contributed by atoms with E-state index in [2.05, 4.69) is 29.2 Å². The van der Waals surface area contributed by atoms with Crippen molar-refractivity contribution in [2.45, 2.75) is 25.3 Å². The second-order valence-electron chi connectivity index (χ2n) is 6.06. The quantitative estimate of drug-likeness (QED) is 0.729. The summed E-state index contributed by atoms with van der Waals surface area (Å²) in [5.41, 5.74) is 3.72. The van der Waals surface area contributed by atoms with E-state index in [9.17, 15) is 0 Å². The molecule has 1 aliphatic carbocycles. The third-order valence-corrected chi connectivity index (χ3v) is 4.73. The highest BCUT2D eigenvalue weighted by molar-refractivity contribution is 5.30. The molecule has 90 valence electrons. The van der Waals surface area contributed by atoms with Gasteiger partial charge < -0.3 is 4.74 Å². The standard InChI is InChI=1S/C15H19NO/c1-2-4-13-7-14(6-5-12(13)3-1)16-8-15(9-16)10-17-11-15/h1-4,14H,5-11H2. The van der Waals surface area contributed by atoms with Crippen LogP contribution in [0.5, 0.6) is 0 Å². The van der Waals surface area contributed by atoms with Crippen molar-refractivity contribution in [3.63, 3.8) is 0 Å². The lowest BCUT2D eigenvalue weighted by Crippen LogP contribution is -2.68. The maximum atomic E-state index is 5.35. The van der Waals surface area contributed by atoms with Gasteiger partial charge in [-0.2, -0.15) is 0 Å². The minimum Gasteiger partial charge on any atom is -0.380 e. The molecule has 1 aromatic carbocycles. The van der Waals surface area contributed by atoms with Gasteiger partial charge in [-0.3, -0.25) is 4.90 Å². The Hall–Kier alpha value is -0.860. The fraction of sp³-hybridized carbons (Fsp3) is 0.600.